The van der Waals surface area contributed by atoms with Crippen molar-refractivity contribution < 1.29 is 14.7 Å². The number of benzene rings is 2. The fourth-order valence-electron chi connectivity index (χ4n) is 2.69. The van der Waals surface area contributed by atoms with Crippen LogP contribution >= 0.6 is 0 Å². The van der Waals surface area contributed by atoms with Crippen LogP contribution in [0.3, 0.4) is 0 Å². The van der Waals surface area contributed by atoms with Gasteiger partial charge in [-0.3, -0.25) is 4.79 Å². The molecule has 0 saturated heterocycles. The number of rotatable bonds is 9. The number of H-pyrrole nitrogens is 1. The van der Waals surface area contributed by atoms with E-state index in [0.717, 1.165) is 35.1 Å². The van der Waals surface area contributed by atoms with E-state index in [-0.39, 0.29) is 5.91 Å². The number of nitrogens with one attached hydrogen (secondary N) is 3. The molecule has 136 valence electrons. The molecule has 4 N–H and O–H groups in total. The van der Waals surface area contributed by atoms with E-state index in [1.54, 1.807) is 0 Å². The number of aromatic nitrogens is 1. The Morgan fingerprint density at radius 3 is 2.65 bits per heavy atom. The summed E-state index contributed by atoms with van der Waals surface area (Å²) in [6.07, 6.45) is 1.60. The molecule has 3 rings (SSSR count). The molecule has 3 aromatic rings. The number of aromatic amines is 1. The number of ether oxygens (including phenoxy) is 1. The molecule has 0 bridgehead atoms. The summed E-state index contributed by atoms with van der Waals surface area (Å²) in [6, 6.07) is 17.6. The highest BCUT2D eigenvalue weighted by Gasteiger charge is 2.09. The largest absolute Gasteiger partial charge is 0.489 e. The van der Waals surface area contributed by atoms with Gasteiger partial charge in [-0.2, -0.15) is 0 Å². The SMILES string of the molecule is O=C(NCCCCNO)c1cc2cc(OCc3ccccc3)ccc2[nH]1. The van der Waals surface area contributed by atoms with E-state index in [2.05, 4.69) is 15.8 Å². The van der Waals surface area contributed by atoms with Gasteiger partial charge in [0.15, 0.2) is 0 Å². The van der Waals surface area contributed by atoms with Gasteiger partial charge in [-0.1, -0.05) is 30.3 Å². The van der Waals surface area contributed by atoms with Crippen molar-refractivity contribution in [2.75, 3.05) is 13.1 Å². The second-order valence-corrected chi connectivity index (χ2v) is 6.08. The Labute approximate surface area is 152 Å². The van der Waals surface area contributed by atoms with Crippen molar-refractivity contribution in [2.45, 2.75) is 19.4 Å². The van der Waals surface area contributed by atoms with E-state index in [0.29, 0.717) is 25.4 Å². The molecule has 0 saturated carbocycles. The Kier molecular flexibility index (Phi) is 6.24. The third-order valence-electron chi connectivity index (χ3n) is 4.09. The van der Waals surface area contributed by atoms with Crippen LogP contribution in [0.4, 0.5) is 0 Å². The molecule has 1 amide bonds. The average Bonchev–Trinajstić information content (AvgIpc) is 3.10. The summed E-state index contributed by atoms with van der Waals surface area (Å²) < 4.78 is 5.83. The number of carbonyl (C=O) groups excluding carboxylic acids is 1. The summed E-state index contributed by atoms with van der Waals surface area (Å²) in [5.74, 6) is 0.633. The number of carbonyl (C=O) groups is 1. The summed E-state index contributed by atoms with van der Waals surface area (Å²) >= 11 is 0. The molecule has 2 aromatic carbocycles. The summed E-state index contributed by atoms with van der Waals surface area (Å²) in [7, 11) is 0. The van der Waals surface area contributed by atoms with Crippen LogP contribution in [-0.4, -0.2) is 29.2 Å². The van der Waals surface area contributed by atoms with Crippen molar-refractivity contribution in [2.24, 2.45) is 0 Å². The Hall–Kier alpha value is -2.83. The minimum absolute atomic E-state index is 0.134. The zero-order chi connectivity index (χ0) is 18.2. The Balaban J connectivity index is 1.59. The molecule has 1 heterocycles. The van der Waals surface area contributed by atoms with E-state index >= 15 is 0 Å². The van der Waals surface area contributed by atoms with Crippen LogP contribution in [0.5, 0.6) is 5.75 Å². The molecular weight excluding hydrogens is 330 g/mol. The van der Waals surface area contributed by atoms with Gasteiger partial charge in [0.2, 0.25) is 0 Å². The lowest BCUT2D eigenvalue weighted by Crippen LogP contribution is -2.25. The van der Waals surface area contributed by atoms with Crippen LogP contribution in [0, 0.1) is 0 Å². The van der Waals surface area contributed by atoms with Gasteiger partial charge in [-0.15, -0.1) is 0 Å². The predicted octanol–water partition coefficient (Wildman–Crippen LogP) is 3.24. The number of hydrogen-bond acceptors (Lipinski definition) is 4. The summed E-state index contributed by atoms with van der Waals surface area (Å²) in [6.45, 7) is 1.60. The lowest BCUT2D eigenvalue weighted by molar-refractivity contribution is 0.0948. The fourth-order valence-corrected chi connectivity index (χ4v) is 2.69. The van der Waals surface area contributed by atoms with Gasteiger partial charge >= 0.3 is 0 Å². The molecule has 0 aliphatic heterocycles. The fraction of sp³-hybridized carbons (Fsp3) is 0.250. The van der Waals surface area contributed by atoms with Crippen molar-refractivity contribution in [1.29, 1.82) is 0 Å². The predicted molar refractivity (Wildman–Crippen MR) is 100 cm³/mol. The van der Waals surface area contributed by atoms with Crippen molar-refractivity contribution in [3.8, 4) is 5.75 Å². The van der Waals surface area contributed by atoms with E-state index in [1.165, 1.54) is 0 Å². The van der Waals surface area contributed by atoms with E-state index < -0.39 is 0 Å². The highest BCUT2D eigenvalue weighted by atomic mass is 16.5. The lowest BCUT2D eigenvalue weighted by atomic mass is 10.2. The first-order valence-electron chi connectivity index (χ1n) is 8.71. The summed E-state index contributed by atoms with van der Waals surface area (Å²) in [4.78, 5) is 15.3. The monoisotopic (exact) mass is 353 g/mol. The average molecular weight is 353 g/mol. The van der Waals surface area contributed by atoms with Crippen molar-refractivity contribution in [3.05, 3.63) is 65.9 Å². The molecule has 0 radical (unpaired) electrons. The van der Waals surface area contributed by atoms with Crippen LogP contribution in [-0.2, 0) is 6.61 Å². The second kappa shape index (κ2) is 9.03. The van der Waals surface area contributed by atoms with Gasteiger partial charge in [-0.25, -0.2) is 5.48 Å². The number of unbranched alkanes of at least 4 members (excludes halogenated alkanes) is 1. The first kappa shape index (κ1) is 18.0. The zero-order valence-electron chi connectivity index (χ0n) is 14.5. The molecule has 0 unspecified atom stereocenters. The molecule has 0 aliphatic rings. The van der Waals surface area contributed by atoms with Crippen LogP contribution < -0.4 is 15.5 Å². The van der Waals surface area contributed by atoms with Crippen molar-refractivity contribution in [3.63, 3.8) is 0 Å². The Morgan fingerprint density at radius 1 is 1.04 bits per heavy atom. The normalized spacial score (nSPS) is 10.8. The zero-order valence-corrected chi connectivity index (χ0v) is 14.5. The van der Waals surface area contributed by atoms with Crippen LogP contribution in [0.15, 0.2) is 54.6 Å². The Morgan fingerprint density at radius 2 is 1.85 bits per heavy atom. The van der Waals surface area contributed by atoms with E-state index in [4.69, 9.17) is 9.94 Å². The van der Waals surface area contributed by atoms with Crippen LogP contribution in [0.2, 0.25) is 0 Å². The first-order valence-corrected chi connectivity index (χ1v) is 8.71. The van der Waals surface area contributed by atoms with Gasteiger partial charge in [0, 0.05) is 24.0 Å². The highest BCUT2D eigenvalue weighted by Crippen LogP contribution is 2.22. The third-order valence-corrected chi connectivity index (χ3v) is 4.09. The van der Waals surface area contributed by atoms with Gasteiger partial charge < -0.3 is 20.2 Å². The topological polar surface area (TPSA) is 86.4 Å². The molecule has 0 fully saturated rings. The maximum Gasteiger partial charge on any atom is 0.267 e. The van der Waals surface area contributed by atoms with Gasteiger partial charge in [0.25, 0.3) is 5.91 Å². The maximum atomic E-state index is 12.2. The summed E-state index contributed by atoms with van der Waals surface area (Å²) in [5, 5.41) is 12.3. The third kappa shape index (κ3) is 4.84. The molecule has 26 heavy (non-hydrogen) atoms. The lowest BCUT2D eigenvalue weighted by Gasteiger charge is -2.06. The Bertz CT molecular complexity index is 846. The van der Waals surface area contributed by atoms with E-state index in [9.17, 15) is 4.79 Å². The minimum atomic E-state index is -0.134. The molecule has 1 aromatic heterocycles. The first-order chi connectivity index (χ1) is 12.8. The smallest absolute Gasteiger partial charge is 0.267 e. The van der Waals surface area contributed by atoms with Crippen molar-refractivity contribution in [1.82, 2.24) is 15.8 Å². The number of fused-ring (bicyclic) bond motifs is 1. The molecule has 0 aliphatic carbocycles. The highest BCUT2D eigenvalue weighted by molar-refractivity contribution is 5.98. The maximum absolute atomic E-state index is 12.2. The quantitative estimate of drug-likeness (QED) is 0.351. The standard InChI is InChI=1S/C20H23N3O3/c24-20(21-10-4-5-11-22-25)19-13-16-12-17(8-9-18(16)23-19)26-14-15-6-2-1-3-7-15/h1-3,6-9,12-13,22-23,25H,4-5,10-11,14H2,(H,21,24). The molecule has 6 nitrogen and oxygen atoms in total. The van der Waals surface area contributed by atoms with Gasteiger partial charge in [0.1, 0.15) is 18.1 Å². The van der Waals surface area contributed by atoms with Crippen molar-refractivity contribution >= 4 is 16.8 Å². The van der Waals surface area contributed by atoms with Crippen LogP contribution in [0.1, 0.15) is 28.9 Å². The molecule has 0 spiro atoms. The molecule has 0 atom stereocenters. The minimum Gasteiger partial charge on any atom is -0.489 e. The van der Waals surface area contributed by atoms with Gasteiger partial charge in [-0.05, 0) is 42.7 Å². The van der Waals surface area contributed by atoms with Gasteiger partial charge in [0.05, 0.1) is 0 Å². The van der Waals surface area contributed by atoms with Crippen LogP contribution in [0.25, 0.3) is 10.9 Å². The summed E-state index contributed by atoms with van der Waals surface area (Å²) in [5.41, 5.74) is 4.63. The van der Waals surface area contributed by atoms with E-state index in [1.807, 2.05) is 54.6 Å². The second-order valence-electron chi connectivity index (χ2n) is 6.08. The molecular formula is C20H23N3O3. The number of amides is 1. The number of hydroxylamine groups is 1. The molecule has 6 heteroatoms. The number of hydrogen-bond donors (Lipinski definition) is 4.